The number of aryl methyl sites for hydroxylation is 1. The number of nitrogens with one attached hydrogen (secondary N) is 2. The number of pyridine rings is 1. The van der Waals surface area contributed by atoms with Crippen LogP contribution in [0.15, 0.2) is 35.5 Å². The zero-order valence-electron chi connectivity index (χ0n) is 9.60. The van der Waals surface area contributed by atoms with Crippen LogP contribution in [0.5, 0.6) is 0 Å². The van der Waals surface area contributed by atoms with E-state index in [4.69, 9.17) is 0 Å². The molecule has 2 aromatic rings. The van der Waals surface area contributed by atoms with Gasteiger partial charge in [-0.2, -0.15) is 0 Å². The van der Waals surface area contributed by atoms with Gasteiger partial charge in [-0.25, -0.2) is 4.98 Å². The van der Waals surface area contributed by atoms with E-state index < -0.39 is 0 Å². The predicted octanol–water partition coefficient (Wildman–Crippen LogP) is 1.34. The first-order valence-electron chi connectivity index (χ1n) is 5.51. The van der Waals surface area contributed by atoms with Crippen molar-refractivity contribution < 1.29 is 0 Å². The Morgan fingerprint density at radius 2 is 2.29 bits per heavy atom. The number of H-pyrrole nitrogens is 1. The quantitative estimate of drug-likeness (QED) is 0.831. The molecule has 5 heteroatoms. The van der Waals surface area contributed by atoms with Gasteiger partial charge in [0.25, 0.3) is 5.56 Å². The topological polar surface area (TPSA) is 70.7 Å². The largest absolute Gasteiger partial charge is 0.364 e. The lowest BCUT2D eigenvalue weighted by atomic mass is 10.1. The SMILES string of the molecule is CCc1cccnc1CNc1cc(=O)[nH]cn1. The highest BCUT2D eigenvalue weighted by molar-refractivity contribution is 5.33. The molecule has 0 radical (unpaired) electrons. The number of hydrogen-bond donors (Lipinski definition) is 2. The second-order valence-corrected chi connectivity index (χ2v) is 3.61. The van der Waals surface area contributed by atoms with Gasteiger partial charge in [-0.05, 0) is 18.1 Å². The second-order valence-electron chi connectivity index (χ2n) is 3.61. The third kappa shape index (κ3) is 2.90. The molecule has 0 spiro atoms. The molecule has 0 atom stereocenters. The summed E-state index contributed by atoms with van der Waals surface area (Å²) in [6.07, 6.45) is 4.08. The molecule has 0 saturated heterocycles. The van der Waals surface area contributed by atoms with Crippen LogP contribution in [0, 0.1) is 0 Å². The highest BCUT2D eigenvalue weighted by Crippen LogP contribution is 2.08. The van der Waals surface area contributed by atoms with E-state index in [1.165, 1.54) is 18.0 Å². The van der Waals surface area contributed by atoms with Gasteiger partial charge in [-0.15, -0.1) is 0 Å². The van der Waals surface area contributed by atoms with E-state index >= 15 is 0 Å². The van der Waals surface area contributed by atoms with E-state index in [0.29, 0.717) is 12.4 Å². The summed E-state index contributed by atoms with van der Waals surface area (Å²) in [4.78, 5) is 21.9. The fourth-order valence-electron chi connectivity index (χ4n) is 1.59. The average Bonchev–Trinajstić information content (AvgIpc) is 2.37. The molecule has 17 heavy (non-hydrogen) atoms. The third-order valence-corrected chi connectivity index (χ3v) is 2.48. The van der Waals surface area contributed by atoms with Crippen LogP contribution < -0.4 is 10.9 Å². The first kappa shape index (κ1) is 11.3. The summed E-state index contributed by atoms with van der Waals surface area (Å²) in [5, 5.41) is 3.08. The molecule has 0 fully saturated rings. The minimum Gasteiger partial charge on any atom is -0.364 e. The average molecular weight is 230 g/mol. The smallest absolute Gasteiger partial charge is 0.252 e. The molecule has 2 heterocycles. The molecular formula is C12H14N4O. The second kappa shape index (κ2) is 5.25. The van der Waals surface area contributed by atoms with Crippen molar-refractivity contribution in [1.29, 1.82) is 0 Å². The molecular weight excluding hydrogens is 216 g/mol. The Morgan fingerprint density at radius 3 is 3.06 bits per heavy atom. The summed E-state index contributed by atoms with van der Waals surface area (Å²) in [5.74, 6) is 0.557. The normalized spacial score (nSPS) is 10.2. The van der Waals surface area contributed by atoms with E-state index in [9.17, 15) is 4.79 Å². The van der Waals surface area contributed by atoms with Crippen LogP contribution in [-0.4, -0.2) is 15.0 Å². The summed E-state index contributed by atoms with van der Waals surface area (Å²) < 4.78 is 0. The van der Waals surface area contributed by atoms with Gasteiger partial charge in [0.15, 0.2) is 0 Å². The highest BCUT2D eigenvalue weighted by Gasteiger charge is 2.01. The maximum absolute atomic E-state index is 11.1. The van der Waals surface area contributed by atoms with E-state index in [-0.39, 0.29) is 5.56 Å². The van der Waals surface area contributed by atoms with Crippen LogP contribution in [0.1, 0.15) is 18.2 Å². The number of anilines is 1. The third-order valence-electron chi connectivity index (χ3n) is 2.48. The fourth-order valence-corrected chi connectivity index (χ4v) is 1.59. The molecule has 5 nitrogen and oxygen atoms in total. The van der Waals surface area contributed by atoms with Crippen LogP contribution in [0.4, 0.5) is 5.82 Å². The standard InChI is InChI=1S/C12H14N4O/c1-2-9-4-3-5-13-10(9)7-14-11-6-12(17)16-8-15-11/h3-6,8H,2,7H2,1H3,(H2,14,15,16,17). The maximum Gasteiger partial charge on any atom is 0.252 e. The summed E-state index contributed by atoms with van der Waals surface area (Å²) >= 11 is 0. The van der Waals surface area contributed by atoms with Gasteiger partial charge < -0.3 is 10.3 Å². The summed E-state index contributed by atoms with van der Waals surface area (Å²) in [7, 11) is 0. The van der Waals surface area contributed by atoms with Gasteiger partial charge in [0.05, 0.1) is 18.6 Å². The van der Waals surface area contributed by atoms with Crippen molar-refractivity contribution in [3.8, 4) is 0 Å². The van der Waals surface area contributed by atoms with Crippen molar-refractivity contribution in [2.24, 2.45) is 0 Å². The Bertz CT molecular complexity index is 550. The van der Waals surface area contributed by atoms with Crippen molar-refractivity contribution in [3.05, 3.63) is 52.3 Å². The molecule has 0 aliphatic rings. The first-order valence-corrected chi connectivity index (χ1v) is 5.51. The molecule has 0 bridgehead atoms. The monoisotopic (exact) mass is 230 g/mol. The van der Waals surface area contributed by atoms with Gasteiger partial charge in [0.1, 0.15) is 5.82 Å². The molecule has 0 saturated carbocycles. The van der Waals surface area contributed by atoms with Crippen molar-refractivity contribution in [1.82, 2.24) is 15.0 Å². The van der Waals surface area contributed by atoms with Gasteiger partial charge in [-0.3, -0.25) is 9.78 Å². The predicted molar refractivity (Wildman–Crippen MR) is 65.8 cm³/mol. The minimum absolute atomic E-state index is 0.167. The molecule has 2 N–H and O–H groups in total. The van der Waals surface area contributed by atoms with Crippen LogP contribution in [0.2, 0.25) is 0 Å². The molecule has 2 aromatic heterocycles. The minimum atomic E-state index is -0.167. The summed E-state index contributed by atoms with van der Waals surface area (Å²) in [6, 6.07) is 5.40. The lowest BCUT2D eigenvalue weighted by Gasteiger charge is -2.07. The zero-order chi connectivity index (χ0) is 12.1. The number of nitrogens with zero attached hydrogens (tertiary/aromatic N) is 2. The van der Waals surface area contributed by atoms with Crippen LogP contribution in [0.3, 0.4) is 0 Å². The van der Waals surface area contributed by atoms with E-state index in [1.807, 2.05) is 6.07 Å². The van der Waals surface area contributed by atoms with Gasteiger partial charge in [0.2, 0.25) is 0 Å². The number of aromatic nitrogens is 3. The van der Waals surface area contributed by atoms with Crippen LogP contribution in [0.25, 0.3) is 0 Å². The molecule has 88 valence electrons. The maximum atomic E-state index is 11.1. The Labute approximate surface area is 99.0 Å². The van der Waals surface area contributed by atoms with Gasteiger partial charge in [-0.1, -0.05) is 13.0 Å². The molecule has 0 unspecified atom stereocenters. The number of hydrogen-bond acceptors (Lipinski definition) is 4. The Morgan fingerprint density at radius 1 is 1.41 bits per heavy atom. The number of aromatic amines is 1. The molecule has 0 aliphatic heterocycles. The van der Waals surface area contributed by atoms with Crippen LogP contribution in [-0.2, 0) is 13.0 Å². The summed E-state index contributed by atoms with van der Waals surface area (Å²) in [6.45, 7) is 2.66. The molecule has 0 aliphatic carbocycles. The number of rotatable bonds is 4. The molecule has 0 amide bonds. The lowest BCUT2D eigenvalue weighted by molar-refractivity contribution is 0.959. The van der Waals surface area contributed by atoms with Gasteiger partial charge in [0, 0.05) is 12.3 Å². The van der Waals surface area contributed by atoms with E-state index in [2.05, 4.69) is 33.3 Å². The first-order chi connectivity index (χ1) is 8.29. The van der Waals surface area contributed by atoms with E-state index in [0.717, 1.165) is 12.1 Å². The molecule has 2 rings (SSSR count). The Balaban J connectivity index is 2.09. The highest BCUT2D eigenvalue weighted by atomic mass is 16.1. The van der Waals surface area contributed by atoms with Crippen molar-refractivity contribution >= 4 is 5.82 Å². The Hall–Kier alpha value is -2.17. The van der Waals surface area contributed by atoms with E-state index in [1.54, 1.807) is 6.20 Å². The van der Waals surface area contributed by atoms with Crippen molar-refractivity contribution in [3.63, 3.8) is 0 Å². The van der Waals surface area contributed by atoms with Crippen molar-refractivity contribution in [2.45, 2.75) is 19.9 Å². The van der Waals surface area contributed by atoms with Crippen molar-refractivity contribution in [2.75, 3.05) is 5.32 Å². The Kier molecular flexibility index (Phi) is 3.49. The van der Waals surface area contributed by atoms with Crippen LogP contribution >= 0.6 is 0 Å². The summed E-state index contributed by atoms with van der Waals surface area (Å²) in [5.41, 5.74) is 2.01. The zero-order valence-corrected chi connectivity index (χ0v) is 9.60. The fraction of sp³-hybridized carbons (Fsp3) is 0.250. The lowest BCUT2D eigenvalue weighted by Crippen LogP contribution is -2.10. The van der Waals surface area contributed by atoms with Gasteiger partial charge >= 0.3 is 0 Å². The molecule has 0 aromatic carbocycles.